The van der Waals surface area contributed by atoms with Crippen LogP contribution in [0.15, 0.2) is 29.2 Å². The highest BCUT2D eigenvalue weighted by Crippen LogP contribution is 2.16. The van der Waals surface area contributed by atoms with Crippen LogP contribution >= 0.6 is 0 Å². The number of sulfone groups is 1. The van der Waals surface area contributed by atoms with Gasteiger partial charge in [-0.2, -0.15) is 0 Å². The van der Waals surface area contributed by atoms with Gasteiger partial charge in [-0.3, -0.25) is 4.79 Å². The van der Waals surface area contributed by atoms with Crippen LogP contribution in [-0.2, 0) is 21.1 Å². The lowest BCUT2D eigenvalue weighted by Crippen LogP contribution is -2.51. The van der Waals surface area contributed by atoms with Gasteiger partial charge >= 0.3 is 5.97 Å². The molecule has 1 rings (SSSR count). The van der Waals surface area contributed by atoms with Gasteiger partial charge in [-0.15, -0.1) is 0 Å². The van der Waals surface area contributed by atoms with Crippen LogP contribution in [0.4, 0.5) is 0 Å². The number of nitrogens with two attached hydrogens (primary N) is 2. The molecule has 0 bridgehead atoms. The van der Waals surface area contributed by atoms with Crippen molar-refractivity contribution in [2.45, 2.75) is 36.1 Å². The van der Waals surface area contributed by atoms with Gasteiger partial charge in [-0.05, 0) is 24.1 Å². The molecule has 0 aliphatic rings. The van der Waals surface area contributed by atoms with E-state index in [2.05, 4.69) is 0 Å². The Bertz CT molecular complexity index is 539. The third kappa shape index (κ3) is 3.52. The van der Waals surface area contributed by atoms with Crippen LogP contribution in [0.25, 0.3) is 0 Å². The van der Waals surface area contributed by atoms with Gasteiger partial charge in [0, 0.05) is 0 Å². The molecule has 0 aliphatic heterocycles. The van der Waals surface area contributed by atoms with Crippen LogP contribution in [0, 0.1) is 0 Å². The zero-order valence-electron chi connectivity index (χ0n) is 10.6. The molecule has 0 radical (unpaired) electrons. The molecule has 0 amide bonds. The van der Waals surface area contributed by atoms with Crippen molar-refractivity contribution < 1.29 is 18.3 Å². The average molecular weight is 286 g/mol. The molecule has 0 heterocycles. The first-order valence-electron chi connectivity index (χ1n) is 5.87. The highest BCUT2D eigenvalue weighted by molar-refractivity contribution is 7.92. The summed E-state index contributed by atoms with van der Waals surface area (Å²) in [4.78, 5) is 10.7. The zero-order chi connectivity index (χ0) is 14.6. The minimum atomic E-state index is -3.94. The standard InChI is InChI=1S/C12H18N2O4S/c1-2-3-8-4-6-9(7-5-8)19(17,18)11(14)10(13)12(15)16/h4-7,10-11H,2-3,13-14H2,1H3,(H,15,16). The van der Waals surface area contributed by atoms with Gasteiger partial charge in [0.15, 0.2) is 9.84 Å². The van der Waals surface area contributed by atoms with E-state index < -0.39 is 27.2 Å². The Morgan fingerprint density at radius 1 is 1.26 bits per heavy atom. The van der Waals surface area contributed by atoms with Gasteiger partial charge in [0.2, 0.25) is 0 Å². The summed E-state index contributed by atoms with van der Waals surface area (Å²) in [5.41, 5.74) is 11.7. The first-order chi connectivity index (χ1) is 8.80. The van der Waals surface area contributed by atoms with Crippen LogP contribution in [0.3, 0.4) is 0 Å². The van der Waals surface area contributed by atoms with Crippen molar-refractivity contribution in [3.05, 3.63) is 29.8 Å². The van der Waals surface area contributed by atoms with E-state index in [0.717, 1.165) is 18.4 Å². The number of hydrogen-bond donors (Lipinski definition) is 3. The molecular weight excluding hydrogens is 268 g/mol. The quantitative estimate of drug-likeness (QED) is 0.682. The lowest BCUT2D eigenvalue weighted by atomic mass is 10.1. The van der Waals surface area contributed by atoms with E-state index in [4.69, 9.17) is 16.6 Å². The van der Waals surface area contributed by atoms with Crippen molar-refractivity contribution in [1.29, 1.82) is 0 Å². The Kier molecular flexibility index (Phi) is 5.04. The Labute approximate surface area is 112 Å². The molecule has 0 spiro atoms. The first kappa shape index (κ1) is 15.6. The highest BCUT2D eigenvalue weighted by atomic mass is 32.2. The van der Waals surface area contributed by atoms with Crippen LogP contribution in [0.5, 0.6) is 0 Å². The predicted molar refractivity (Wildman–Crippen MR) is 71.2 cm³/mol. The summed E-state index contributed by atoms with van der Waals surface area (Å²) in [5, 5.41) is 7.04. The minimum absolute atomic E-state index is 0.0171. The number of aryl methyl sites for hydroxylation is 1. The third-order valence-corrected chi connectivity index (χ3v) is 4.73. The molecule has 0 aliphatic carbocycles. The average Bonchev–Trinajstić information content (AvgIpc) is 2.37. The molecule has 0 saturated carbocycles. The largest absolute Gasteiger partial charge is 0.480 e. The molecule has 0 fully saturated rings. The molecule has 1 aromatic rings. The molecule has 6 nitrogen and oxygen atoms in total. The van der Waals surface area contributed by atoms with Gasteiger partial charge in [0.05, 0.1) is 4.90 Å². The Morgan fingerprint density at radius 3 is 2.21 bits per heavy atom. The van der Waals surface area contributed by atoms with E-state index in [-0.39, 0.29) is 4.90 Å². The van der Waals surface area contributed by atoms with E-state index in [1.165, 1.54) is 12.1 Å². The minimum Gasteiger partial charge on any atom is -0.480 e. The molecular formula is C12H18N2O4S. The van der Waals surface area contributed by atoms with Crippen LogP contribution in [0.1, 0.15) is 18.9 Å². The number of aliphatic carboxylic acids is 1. The Hall–Kier alpha value is -1.44. The third-order valence-electron chi connectivity index (χ3n) is 2.79. The maximum atomic E-state index is 12.1. The number of carbonyl (C=O) groups is 1. The van der Waals surface area contributed by atoms with E-state index in [9.17, 15) is 13.2 Å². The van der Waals surface area contributed by atoms with Gasteiger partial charge in [0.25, 0.3) is 0 Å². The second-order valence-corrected chi connectivity index (χ2v) is 6.37. The monoisotopic (exact) mass is 286 g/mol. The van der Waals surface area contributed by atoms with Gasteiger partial charge in [0.1, 0.15) is 11.4 Å². The van der Waals surface area contributed by atoms with Crippen molar-refractivity contribution in [3.8, 4) is 0 Å². The molecule has 1 aromatic carbocycles. The van der Waals surface area contributed by atoms with E-state index in [1.807, 2.05) is 6.92 Å². The maximum Gasteiger partial charge on any atom is 0.323 e. The second-order valence-electron chi connectivity index (χ2n) is 4.27. The Balaban J connectivity index is 3.03. The fraction of sp³-hybridized carbons (Fsp3) is 0.417. The van der Waals surface area contributed by atoms with Gasteiger partial charge in [-0.1, -0.05) is 25.5 Å². The van der Waals surface area contributed by atoms with Crippen molar-refractivity contribution >= 4 is 15.8 Å². The van der Waals surface area contributed by atoms with Crippen LogP contribution in [-0.4, -0.2) is 30.9 Å². The fourth-order valence-corrected chi connectivity index (χ4v) is 2.96. The zero-order valence-corrected chi connectivity index (χ0v) is 11.4. The molecule has 0 aromatic heterocycles. The second kappa shape index (κ2) is 6.14. The lowest BCUT2D eigenvalue weighted by Gasteiger charge is -2.16. The summed E-state index contributed by atoms with van der Waals surface area (Å²) in [7, 11) is -3.94. The number of rotatable bonds is 6. The maximum absolute atomic E-state index is 12.1. The van der Waals surface area contributed by atoms with Crippen molar-refractivity contribution in [2.24, 2.45) is 11.5 Å². The number of carboxylic acid groups (broad SMARTS) is 1. The predicted octanol–water partition coefficient (Wildman–Crippen LogP) is 0.110. The summed E-state index contributed by atoms with van der Waals surface area (Å²) in [6.07, 6.45) is 1.80. The molecule has 0 saturated heterocycles. The lowest BCUT2D eigenvalue weighted by molar-refractivity contribution is -0.138. The number of carboxylic acids is 1. The van der Waals surface area contributed by atoms with Crippen molar-refractivity contribution in [2.75, 3.05) is 0 Å². The SMILES string of the molecule is CCCc1ccc(S(=O)(=O)C(N)C(N)C(=O)O)cc1. The van der Waals surface area contributed by atoms with E-state index in [0.29, 0.717) is 0 Å². The van der Waals surface area contributed by atoms with Crippen molar-refractivity contribution in [1.82, 2.24) is 0 Å². The number of hydrogen-bond acceptors (Lipinski definition) is 5. The van der Waals surface area contributed by atoms with Gasteiger partial charge in [-0.25, -0.2) is 8.42 Å². The summed E-state index contributed by atoms with van der Waals surface area (Å²) in [5.74, 6) is -1.45. The molecule has 2 unspecified atom stereocenters. The van der Waals surface area contributed by atoms with Gasteiger partial charge < -0.3 is 16.6 Å². The summed E-state index contributed by atoms with van der Waals surface area (Å²) in [6, 6.07) is 4.58. The van der Waals surface area contributed by atoms with Crippen LogP contribution in [0.2, 0.25) is 0 Å². The number of benzene rings is 1. The molecule has 106 valence electrons. The summed E-state index contributed by atoms with van der Waals surface area (Å²) >= 11 is 0. The summed E-state index contributed by atoms with van der Waals surface area (Å²) in [6.45, 7) is 2.02. The molecule has 5 N–H and O–H groups in total. The summed E-state index contributed by atoms with van der Waals surface area (Å²) < 4.78 is 24.2. The first-order valence-corrected chi connectivity index (χ1v) is 7.42. The molecule has 2 atom stereocenters. The Morgan fingerprint density at radius 2 is 1.79 bits per heavy atom. The smallest absolute Gasteiger partial charge is 0.323 e. The van der Waals surface area contributed by atoms with Crippen molar-refractivity contribution in [3.63, 3.8) is 0 Å². The fourth-order valence-electron chi connectivity index (χ4n) is 1.63. The topological polar surface area (TPSA) is 123 Å². The normalized spacial score (nSPS) is 14.9. The molecule has 7 heteroatoms. The van der Waals surface area contributed by atoms with E-state index >= 15 is 0 Å². The highest BCUT2D eigenvalue weighted by Gasteiger charge is 2.33. The van der Waals surface area contributed by atoms with E-state index in [1.54, 1.807) is 12.1 Å². The molecule has 19 heavy (non-hydrogen) atoms. The van der Waals surface area contributed by atoms with Crippen LogP contribution < -0.4 is 11.5 Å².